The third-order valence-corrected chi connectivity index (χ3v) is 4.34. The van der Waals surface area contributed by atoms with E-state index in [0.717, 1.165) is 0 Å². The molecular weight excluding hydrogens is 458 g/mol. The van der Waals surface area contributed by atoms with E-state index in [1.54, 1.807) is 18.2 Å². The summed E-state index contributed by atoms with van der Waals surface area (Å²) in [7, 11) is 0. The second-order valence-electron chi connectivity index (χ2n) is 6.17. The lowest BCUT2D eigenvalue weighted by Gasteiger charge is -2.21. The van der Waals surface area contributed by atoms with Crippen LogP contribution >= 0.6 is 15.9 Å². The zero-order valence-electron chi connectivity index (χ0n) is 15.6. The molecule has 11 heteroatoms. The van der Waals surface area contributed by atoms with E-state index in [0.29, 0.717) is 10.2 Å². The highest BCUT2D eigenvalue weighted by molar-refractivity contribution is 9.10. The van der Waals surface area contributed by atoms with Crippen molar-refractivity contribution in [3.63, 3.8) is 0 Å². The van der Waals surface area contributed by atoms with E-state index in [4.69, 9.17) is 11.5 Å². The van der Waals surface area contributed by atoms with Gasteiger partial charge < -0.3 is 37.1 Å². The molecule has 0 heterocycles. The van der Waals surface area contributed by atoms with E-state index in [2.05, 4.69) is 31.6 Å². The van der Waals surface area contributed by atoms with Crippen molar-refractivity contribution in [2.45, 2.75) is 12.5 Å². The lowest BCUT2D eigenvalue weighted by atomic mass is 10.0. The molecule has 7 N–H and O–H groups in total. The Morgan fingerprint density at radius 3 is 2.57 bits per heavy atom. The molecule has 2 aromatic rings. The van der Waals surface area contributed by atoms with Gasteiger partial charge in [-0.05, 0) is 36.4 Å². The van der Waals surface area contributed by atoms with Crippen LogP contribution < -0.4 is 27.2 Å². The van der Waals surface area contributed by atoms with Crippen molar-refractivity contribution in [1.29, 1.82) is 0 Å². The Morgan fingerprint density at radius 1 is 1.17 bits per heavy atom. The van der Waals surface area contributed by atoms with Crippen LogP contribution in [0.1, 0.15) is 28.4 Å². The smallest absolute Gasteiger partial charge is 0.251 e. The second kappa shape index (κ2) is 10.3. The summed E-state index contributed by atoms with van der Waals surface area (Å²) in [6, 6.07) is 9.47. The number of amides is 2. The van der Waals surface area contributed by atoms with Crippen molar-refractivity contribution in [3.8, 4) is 5.75 Å². The van der Waals surface area contributed by atoms with E-state index >= 15 is 0 Å². The molecule has 10 nitrogen and oxygen atoms in total. The molecule has 30 heavy (non-hydrogen) atoms. The van der Waals surface area contributed by atoms with Crippen molar-refractivity contribution >= 4 is 45.4 Å². The number of carboxylic acids is 1. The maximum Gasteiger partial charge on any atom is 0.251 e. The van der Waals surface area contributed by atoms with Gasteiger partial charge in [0.1, 0.15) is 5.75 Å². The predicted octanol–water partition coefficient (Wildman–Crippen LogP) is -0.213. The fourth-order valence-electron chi connectivity index (χ4n) is 2.58. The Kier molecular flexibility index (Phi) is 7.76. The van der Waals surface area contributed by atoms with Crippen LogP contribution in [0.2, 0.25) is 0 Å². The van der Waals surface area contributed by atoms with Crippen LogP contribution in [0.5, 0.6) is 5.75 Å². The summed E-state index contributed by atoms with van der Waals surface area (Å²) in [5.41, 5.74) is 11.4. The van der Waals surface area contributed by atoms with Crippen LogP contribution in [-0.4, -0.2) is 35.4 Å². The van der Waals surface area contributed by atoms with Gasteiger partial charge in [0.05, 0.1) is 18.3 Å². The fraction of sp³-hybridized carbons (Fsp3) is 0.158. The van der Waals surface area contributed by atoms with Gasteiger partial charge in [-0.15, -0.1) is 0 Å². The molecule has 0 saturated heterocycles. The van der Waals surface area contributed by atoms with Crippen molar-refractivity contribution in [3.05, 3.63) is 58.1 Å². The first-order valence-electron chi connectivity index (χ1n) is 8.61. The Labute approximate surface area is 180 Å². The number of aromatic hydroxyl groups is 1. The lowest BCUT2D eigenvalue weighted by Crippen LogP contribution is -2.40. The highest BCUT2D eigenvalue weighted by Crippen LogP contribution is 2.29. The number of phenolic OH excluding ortho intramolecular Hbond substituents is 1. The van der Waals surface area contributed by atoms with Gasteiger partial charge in [-0.1, -0.05) is 22.0 Å². The Hall–Kier alpha value is -3.60. The van der Waals surface area contributed by atoms with Crippen LogP contribution in [-0.2, 0) is 9.59 Å². The second-order valence-corrected chi connectivity index (χ2v) is 7.08. The summed E-state index contributed by atoms with van der Waals surface area (Å²) in [5.74, 6) is -2.99. The van der Waals surface area contributed by atoms with Crippen molar-refractivity contribution in [2.75, 3.05) is 6.54 Å². The van der Waals surface area contributed by atoms with E-state index < -0.39 is 36.8 Å². The van der Waals surface area contributed by atoms with Crippen molar-refractivity contribution < 1.29 is 24.6 Å². The predicted molar refractivity (Wildman–Crippen MR) is 111 cm³/mol. The number of aliphatic carboxylic acids is 1. The Morgan fingerprint density at radius 2 is 1.90 bits per heavy atom. The highest BCUT2D eigenvalue weighted by atomic mass is 79.9. The molecule has 2 amide bonds. The molecule has 2 aromatic carbocycles. The number of carbonyl (C=O) groups is 3. The number of benzene rings is 2. The van der Waals surface area contributed by atoms with E-state index in [9.17, 15) is 24.6 Å². The summed E-state index contributed by atoms with van der Waals surface area (Å²) >= 11 is 3.22. The number of nitrogens with zero attached hydrogens (tertiary/aromatic N) is 1. The summed E-state index contributed by atoms with van der Waals surface area (Å²) in [6.45, 7) is -0.427. The third-order valence-electron chi connectivity index (χ3n) is 3.85. The highest BCUT2D eigenvalue weighted by Gasteiger charge is 2.19. The molecule has 0 fully saturated rings. The minimum absolute atomic E-state index is 0.165. The minimum Gasteiger partial charge on any atom is -0.550 e. The molecule has 0 aliphatic rings. The first-order valence-corrected chi connectivity index (χ1v) is 9.40. The normalized spacial score (nSPS) is 11.2. The number of phenols is 1. The standard InChI is InChI=1S/C19H20BrN5O5/c20-11-4-5-15(26)13(7-11)14(8-17(28)29)25-16(27)9-23-18(30)10-2-1-3-12(6-10)24-19(21)22/h1-7,14,26H,8-9H2,(H,23,30)(H,25,27)(H,28,29)(H4,21,22,24)/p-1. The summed E-state index contributed by atoms with van der Waals surface area (Å²) in [5, 5.41) is 26.0. The third kappa shape index (κ3) is 6.78. The molecule has 0 spiro atoms. The van der Waals surface area contributed by atoms with Gasteiger partial charge >= 0.3 is 0 Å². The number of guanidine groups is 1. The molecule has 0 aliphatic carbocycles. The van der Waals surface area contributed by atoms with Gasteiger partial charge in [-0.25, -0.2) is 4.99 Å². The van der Waals surface area contributed by atoms with E-state index in [-0.39, 0.29) is 22.8 Å². The van der Waals surface area contributed by atoms with Crippen LogP contribution in [0, 0.1) is 0 Å². The van der Waals surface area contributed by atoms with Crippen LogP contribution in [0.25, 0.3) is 0 Å². The number of hydrogen-bond donors (Lipinski definition) is 5. The summed E-state index contributed by atoms with van der Waals surface area (Å²) < 4.78 is 0.585. The molecule has 1 atom stereocenters. The average Bonchev–Trinajstić information content (AvgIpc) is 2.67. The first kappa shape index (κ1) is 22.7. The van der Waals surface area contributed by atoms with Crippen LogP contribution in [0.4, 0.5) is 5.69 Å². The molecule has 0 aromatic heterocycles. The maximum absolute atomic E-state index is 12.3. The van der Waals surface area contributed by atoms with Crippen molar-refractivity contribution in [2.24, 2.45) is 16.5 Å². The SMILES string of the molecule is NC(N)=Nc1cccc(C(=O)NCC(=O)NC(CC(=O)[O-])c2cc(Br)ccc2O)c1. The van der Waals surface area contributed by atoms with Gasteiger partial charge in [-0.2, -0.15) is 0 Å². The molecule has 0 saturated carbocycles. The van der Waals surface area contributed by atoms with Crippen LogP contribution in [0.3, 0.4) is 0 Å². The van der Waals surface area contributed by atoms with E-state index in [1.165, 1.54) is 24.3 Å². The molecule has 1 unspecified atom stereocenters. The summed E-state index contributed by atoms with van der Waals surface area (Å²) in [6.07, 6.45) is -0.565. The Bertz CT molecular complexity index is 991. The van der Waals surface area contributed by atoms with Gasteiger partial charge in [0, 0.05) is 28.0 Å². The topological polar surface area (TPSA) is 183 Å². The number of hydrogen-bond acceptors (Lipinski definition) is 6. The van der Waals surface area contributed by atoms with Gasteiger partial charge in [0.15, 0.2) is 5.96 Å². The number of rotatable bonds is 8. The minimum atomic E-state index is -1.42. The molecule has 158 valence electrons. The number of carbonyl (C=O) groups excluding carboxylic acids is 3. The Balaban J connectivity index is 2.05. The van der Waals surface area contributed by atoms with Crippen molar-refractivity contribution in [1.82, 2.24) is 10.6 Å². The maximum atomic E-state index is 12.3. The van der Waals surface area contributed by atoms with E-state index in [1.807, 2.05) is 0 Å². The zero-order chi connectivity index (χ0) is 22.3. The fourth-order valence-corrected chi connectivity index (χ4v) is 2.96. The number of nitrogens with two attached hydrogens (primary N) is 2. The largest absolute Gasteiger partial charge is 0.550 e. The molecule has 0 radical (unpaired) electrons. The molecular formula is C19H19BrN5O5-. The van der Waals surface area contributed by atoms with Crippen LogP contribution in [0.15, 0.2) is 51.9 Å². The number of aliphatic imine (C=N–C) groups is 1. The monoisotopic (exact) mass is 476 g/mol. The number of nitrogens with one attached hydrogen (secondary N) is 2. The molecule has 0 aliphatic heterocycles. The summed E-state index contributed by atoms with van der Waals surface area (Å²) in [4.78, 5) is 39.4. The zero-order valence-corrected chi connectivity index (χ0v) is 17.2. The quantitative estimate of drug-likeness (QED) is 0.257. The van der Waals surface area contributed by atoms with Gasteiger partial charge in [0.25, 0.3) is 5.91 Å². The van der Waals surface area contributed by atoms with Gasteiger partial charge in [0.2, 0.25) is 5.91 Å². The van der Waals surface area contributed by atoms with Gasteiger partial charge in [-0.3, -0.25) is 9.59 Å². The number of carboxylic acid groups (broad SMARTS) is 1. The number of halogens is 1. The molecule has 2 rings (SSSR count). The first-order chi connectivity index (χ1) is 14.2. The molecule has 0 bridgehead atoms. The average molecular weight is 477 g/mol. The lowest BCUT2D eigenvalue weighted by molar-refractivity contribution is -0.306.